The molecule has 5 heteroatoms. The van der Waals surface area contributed by atoms with Gasteiger partial charge in [0.05, 0.1) is 29.9 Å². The lowest BCUT2D eigenvalue weighted by Gasteiger charge is -2.28. The number of methoxy groups -OCH3 is 1. The summed E-state index contributed by atoms with van der Waals surface area (Å²) in [6.07, 6.45) is 13.0. The second-order valence-corrected chi connectivity index (χ2v) is 8.23. The van der Waals surface area contributed by atoms with Gasteiger partial charge in [0.15, 0.2) is 0 Å². The molecule has 0 spiro atoms. The lowest BCUT2D eigenvalue weighted by molar-refractivity contribution is 0.0160. The Labute approximate surface area is 178 Å². The first kappa shape index (κ1) is 20.5. The summed E-state index contributed by atoms with van der Waals surface area (Å²) in [6, 6.07) is 9.86. The van der Waals surface area contributed by atoms with Gasteiger partial charge in [0.1, 0.15) is 11.4 Å². The highest BCUT2D eigenvalue weighted by atomic mass is 16.5. The maximum atomic E-state index is 11.3. The molecule has 2 atom stereocenters. The van der Waals surface area contributed by atoms with E-state index < -0.39 is 5.60 Å². The van der Waals surface area contributed by atoms with Gasteiger partial charge in [0.2, 0.25) is 0 Å². The summed E-state index contributed by atoms with van der Waals surface area (Å²) >= 11 is 0. The number of nitrogens with zero attached hydrogens (tertiary/aromatic N) is 2. The number of rotatable bonds is 6. The largest absolute Gasteiger partial charge is 0.513 e. The fraction of sp³-hybridized carbons (Fsp3) is 0.400. The van der Waals surface area contributed by atoms with Crippen molar-refractivity contribution in [2.24, 2.45) is 0 Å². The molecule has 2 aliphatic rings. The van der Waals surface area contributed by atoms with E-state index in [9.17, 15) is 10.2 Å². The fourth-order valence-corrected chi connectivity index (χ4v) is 4.23. The molecule has 0 saturated heterocycles. The first-order valence-electron chi connectivity index (χ1n) is 10.7. The molecule has 158 valence electrons. The van der Waals surface area contributed by atoms with Crippen molar-refractivity contribution in [2.45, 2.75) is 57.0 Å². The van der Waals surface area contributed by atoms with E-state index >= 15 is 0 Å². The predicted octanol–water partition coefficient (Wildman–Crippen LogP) is 5.46. The molecule has 0 radical (unpaired) electrons. The summed E-state index contributed by atoms with van der Waals surface area (Å²) < 4.78 is 7.24. The highest BCUT2D eigenvalue weighted by molar-refractivity contribution is 5.42. The Hall–Kier alpha value is -2.79. The molecular formula is C25H30N2O3. The summed E-state index contributed by atoms with van der Waals surface area (Å²) in [6.45, 7) is 2.20. The summed E-state index contributed by atoms with van der Waals surface area (Å²) in [5, 5.41) is 25.8. The van der Waals surface area contributed by atoms with Crippen LogP contribution in [0.15, 0.2) is 66.0 Å². The third kappa shape index (κ3) is 4.08. The molecule has 2 aromatic rings. The highest BCUT2D eigenvalue weighted by Gasteiger charge is 2.35. The molecule has 1 aromatic carbocycles. The third-order valence-corrected chi connectivity index (χ3v) is 6.10. The van der Waals surface area contributed by atoms with E-state index in [1.165, 1.54) is 5.57 Å². The van der Waals surface area contributed by atoms with Crippen LogP contribution >= 0.6 is 0 Å². The molecule has 2 unspecified atom stereocenters. The van der Waals surface area contributed by atoms with Gasteiger partial charge in [-0.25, -0.2) is 4.68 Å². The van der Waals surface area contributed by atoms with Gasteiger partial charge in [-0.05, 0) is 55.7 Å². The molecule has 4 rings (SSSR count). The van der Waals surface area contributed by atoms with Crippen molar-refractivity contribution in [1.82, 2.24) is 9.78 Å². The number of hydrogen-bond acceptors (Lipinski definition) is 4. The van der Waals surface area contributed by atoms with Gasteiger partial charge in [-0.1, -0.05) is 37.1 Å². The Morgan fingerprint density at radius 2 is 2.03 bits per heavy atom. The highest BCUT2D eigenvalue weighted by Crippen LogP contribution is 2.38. The van der Waals surface area contributed by atoms with Crippen LogP contribution in [0.25, 0.3) is 5.69 Å². The zero-order valence-electron chi connectivity index (χ0n) is 17.7. The molecule has 0 fully saturated rings. The summed E-state index contributed by atoms with van der Waals surface area (Å²) in [5.74, 6) is 1.34. The summed E-state index contributed by atoms with van der Waals surface area (Å²) in [4.78, 5) is 0. The fourth-order valence-electron chi connectivity index (χ4n) is 4.23. The zero-order valence-corrected chi connectivity index (χ0v) is 17.7. The van der Waals surface area contributed by atoms with E-state index in [1.54, 1.807) is 13.2 Å². The first-order valence-corrected chi connectivity index (χ1v) is 10.7. The van der Waals surface area contributed by atoms with Crippen molar-refractivity contribution in [3.8, 4) is 11.4 Å². The quantitative estimate of drug-likeness (QED) is 0.668. The summed E-state index contributed by atoms with van der Waals surface area (Å²) in [7, 11) is 1.65. The molecule has 0 aliphatic heterocycles. The maximum absolute atomic E-state index is 11.3. The topological polar surface area (TPSA) is 67.5 Å². The van der Waals surface area contributed by atoms with Crippen LogP contribution in [0, 0.1) is 0 Å². The van der Waals surface area contributed by atoms with E-state index in [1.807, 2.05) is 35.0 Å². The molecule has 1 heterocycles. The van der Waals surface area contributed by atoms with E-state index in [0.29, 0.717) is 30.7 Å². The molecule has 2 aliphatic carbocycles. The van der Waals surface area contributed by atoms with Crippen molar-refractivity contribution in [1.29, 1.82) is 0 Å². The van der Waals surface area contributed by atoms with Crippen molar-refractivity contribution in [2.75, 3.05) is 7.11 Å². The lowest BCUT2D eigenvalue weighted by atomic mass is 9.85. The Morgan fingerprint density at radius 3 is 2.63 bits per heavy atom. The number of benzene rings is 1. The van der Waals surface area contributed by atoms with Gasteiger partial charge >= 0.3 is 0 Å². The van der Waals surface area contributed by atoms with Crippen LogP contribution in [0.3, 0.4) is 0 Å². The standard InChI is InChI=1S/C25H30N2O3/c1-3-4-18-5-7-19(8-6-18)23-17-24(25(29)15-13-21(28)14-16-25)26-27(23)20-9-11-22(30-2)12-10-20/h5-7,9-13,17,19,28-29H,3-4,8,14-16H2,1-2H3. The normalized spacial score (nSPS) is 23.8. The number of aliphatic hydroxyl groups is 2. The third-order valence-electron chi connectivity index (χ3n) is 6.10. The SMILES string of the molecule is CCCC1=CCC(c2cc(C3(O)CC=C(O)CC3)nn2-c2ccc(OC)cc2)C=C1. The molecule has 0 amide bonds. The van der Waals surface area contributed by atoms with Gasteiger partial charge in [-0.2, -0.15) is 5.10 Å². The van der Waals surface area contributed by atoms with Gasteiger partial charge < -0.3 is 14.9 Å². The lowest BCUT2D eigenvalue weighted by Crippen LogP contribution is -2.28. The molecule has 30 heavy (non-hydrogen) atoms. The minimum absolute atomic E-state index is 0.199. The molecule has 5 nitrogen and oxygen atoms in total. The van der Waals surface area contributed by atoms with Gasteiger partial charge in [-0.15, -0.1) is 0 Å². The zero-order chi connectivity index (χ0) is 21.1. The van der Waals surface area contributed by atoms with E-state index in [4.69, 9.17) is 9.84 Å². The number of aliphatic hydroxyl groups excluding tert-OH is 1. The average molecular weight is 407 g/mol. The van der Waals surface area contributed by atoms with Crippen LogP contribution in [-0.4, -0.2) is 27.1 Å². The van der Waals surface area contributed by atoms with Crippen LogP contribution in [0.5, 0.6) is 5.75 Å². The predicted molar refractivity (Wildman–Crippen MR) is 118 cm³/mol. The van der Waals surface area contributed by atoms with E-state index in [-0.39, 0.29) is 5.92 Å². The monoisotopic (exact) mass is 406 g/mol. The Bertz CT molecular complexity index is 984. The molecule has 0 bridgehead atoms. The van der Waals surface area contributed by atoms with E-state index in [2.05, 4.69) is 25.2 Å². The Kier molecular flexibility index (Phi) is 5.82. The summed E-state index contributed by atoms with van der Waals surface area (Å²) in [5.41, 5.74) is 2.99. The van der Waals surface area contributed by atoms with Crippen LogP contribution in [0.1, 0.15) is 62.8 Å². The molecule has 2 N–H and O–H groups in total. The minimum atomic E-state index is -1.06. The Morgan fingerprint density at radius 1 is 1.23 bits per heavy atom. The number of ether oxygens (including phenoxy) is 1. The van der Waals surface area contributed by atoms with Gasteiger partial charge in [0, 0.05) is 18.8 Å². The van der Waals surface area contributed by atoms with Gasteiger partial charge in [-0.3, -0.25) is 0 Å². The number of aromatic nitrogens is 2. The Balaban J connectivity index is 1.72. The van der Waals surface area contributed by atoms with Crippen LogP contribution < -0.4 is 4.74 Å². The molecular weight excluding hydrogens is 376 g/mol. The van der Waals surface area contributed by atoms with Crippen molar-refractivity contribution < 1.29 is 14.9 Å². The van der Waals surface area contributed by atoms with Crippen LogP contribution in [-0.2, 0) is 5.60 Å². The van der Waals surface area contributed by atoms with Crippen molar-refractivity contribution in [3.63, 3.8) is 0 Å². The molecule has 0 saturated carbocycles. The van der Waals surface area contributed by atoms with Crippen molar-refractivity contribution in [3.05, 3.63) is 77.4 Å². The average Bonchev–Trinajstić information content (AvgIpc) is 3.23. The maximum Gasteiger partial charge on any atom is 0.119 e. The number of hydrogen-bond donors (Lipinski definition) is 2. The van der Waals surface area contributed by atoms with Crippen molar-refractivity contribution >= 4 is 0 Å². The smallest absolute Gasteiger partial charge is 0.119 e. The van der Waals surface area contributed by atoms with Crippen LogP contribution in [0.4, 0.5) is 0 Å². The second kappa shape index (κ2) is 8.52. The van der Waals surface area contributed by atoms with E-state index in [0.717, 1.165) is 36.4 Å². The van der Waals surface area contributed by atoms with Crippen LogP contribution in [0.2, 0.25) is 0 Å². The number of allylic oxidation sites excluding steroid dienone is 5. The molecule has 1 aromatic heterocycles. The van der Waals surface area contributed by atoms with Gasteiger partial charge in [0.25, 0.3) is 0 Å². The second-order valence-electron chi connectivity index (χ2n) is 8.23. The first-order chi connectivity index (χ1) is 14.5. The minimum Gasteiger partial charge on any atom is -0.513 e.